The van der Waals surface area contributed by atoms with Crippen molar-refractivity contribution < 1.29 is 9.59 Å². The Morgan fingerprint density at radius 2 is 1.14 bits per heavy atom. The van der Waals surface area contributed by atoms with Crippen molar-refractivity contribution in [3.63, 3.8) is 0 Å². The lowest BCUT2D eigenvalue weighted by atomic mass is 9.51. The summed E-state index contributed by atoms with van der Waals surface area (Å²) < 4.78 is 1.76. The normalized spacial score (nSPS) is 25.6. The van der Waals surface area contributed by atoms with E-state index in [1.54, 1.807) is 0 Å². The molecule has 0 heterocycles. The number of halogens is 2. The molecule has 4 aliphatic rings. The monoisotopic (exact) mass is 794 g/mol. The Balaban J connectivity index is 1.54. The number of benzene rings is 5. The molecule has 4 aliphatic carbocycles. The summed E-state index contributed by atoms with van der Waals surface area (Å²) in [6.45, 7) is 4.61. The number of fused-ring (bicyclic) bond motifs is 10. The predicted octanol–water partition coefficient (Wildman–Crippen LogP) is 10.2. The highest BCUT2D eigenvalue weighted by atomic mass is 127. The van der Waals surface area contributed by atoms with Gasteiger partial charge in [0.05, 0.1) is 5.41 Å². The van der Waals surface area contributed by atoms with Crippen LogP contribution in [0.2, 0.25) is 0 Å². The Labute approximate surface area is 284 Å². The lowest BCUT2D eigenvalue weighted by Gasteiger charge is -2.52. The van der Waals surface area contributed by atoms with E-state index in [-0.39, 0.29) is 23.4 Å². The van der Waals surface area contributed by atoms with Crippen molar-refractivity contribution in [1.29, 1.82) is 0 Å². The Morgan fingerprint density at radius 3 is 1.84 bits per heavy atom. The minimum Gasteiger partial charge on any atom is -0.293 e. The van der Waals surface area contributed by atoms with E-state index in [0.29, 0.717) is 0 Å². The number of ketones is 2. The molecule has 9 rings (SSSR count). The van der Waals surface area contributed by atoms with E-state index in [0.717, 1.165) is 53.4 Å². The minimum atomic E-state index is -0.627. The van der Waals surface area contributed by atoms with Crippen molar-refractivity contribution in [2.75, 3.05) is 8.86 Å². The summed E-state index contributed by atoms with van der Waals surface area (Å²) >= 11 is 5.07. The van der Waals surface area contributed by atoms with Crippen LogP contribution in [0.4, 0.5) is 0 Å². The predicted molar refractivity (Wildman–Crippen MR) is 196 cm³/mol. The lowest BCUT2D eigenvalue weighted by Crippen LogP contribution is -2.51. The van der Waals surface area contributed by atoms with Crippen LogP contribution in [-0.4, -0.2) is 20.4 Å². The van der Waals surface area contributed by atoms with Gasteiger partial charge in [-0.05, 0) is 74.1 Å². The van der Waals surface area contributed by atoms with Crippen molar-refractivity contribution in [1.82, 2.24) is 0 Å². The van der Waals surface area contributed by atoms with Crippen LogP contribution in [0.15, 0.2) is 97.1 Å². The van der Waals surface area contributed by atoms with Crippen molar-refractivity contribution in [3.8, 4) is 22.3 Å². The summed E-state index contributed by atoms with van der Waals surface area (Å²) in [5, 5.41) is 2.38. The topological polar surface area (TPSA) is 34.1 Å². The summed E-state index contributed by atoms with van der Waals surface area (Å²) in [4.78, 5) is 29.3. The van der Waals surface area contributed by atoms with E-state index in [2.05, 4.69) is 132 Å². The number of hydrogen-bond acceptors (Lipinski definition) is 2. The van der Waals surface area contributed by atoms with Crippen LogP contribution in [0.25, 0.3) is 44.2 Å². The number of carbonyl (C=O) groups excluding carboxylic acids is 2. The maximum Gasteiger partial charge on any atom is 0.194 e. The molecule has 0 amide bonds. The molecule has 0 aliphatic heterocycles. The van der Waals surface area contributed by atoms with E-state index in [1.807, 2.05) is 24.3 Å². The van der Waals surface area contributed by atoms with Gasteiger partial charge in [0.1, 0.15) is 0 Å². The summed E-state index contributed by atoms with van der Waals surface area (Å²) in [6, 6.07) is 33.7. The van der Waals surface area contributed by atoms with Crippen LogP contribution in [-0.2, 0) is 5.41 Å². The van der Waals surface area contributed by atoms with Gasteiger partial charge >= 0.3 is 0 Å². The Hall–Kier alpha value is -3.10. The highest BCUT2D eigenvalue weighted by Crippen LogP contribution is 2.71. The molecule has 0 saturated heterocycles. The number of carbonyl (C=O) groups is 2. The van der Waals surface area contributed by atoms with E-state index in [9.17, 15) is 9.59 Å². The molecule has 0 spiro atoms. The van der Waals surface area contributed by atoms with Gasteiger partial charge in [-0.15, -0.1) is 0 Å². The van der Waals surface area contributed by atoms with Gasteiger partial charge in [-0.25, -0.2) is 0 Å². The van der Waals surface area contributed by atoms with E-state index in [4.69, 9.17) is 0 Å². The van der Waals surface area contributed by atoms with Crippen molar-refractivity contribution >= 4 is 78.7 Å². The third-order valence-electron chi connectivity index (χ3n) is 11.4. The number of alkyl halides is 2. The van der Waals surface area contributed by atoms with Crippen LogP contribution in [0.3, 0.4) is 0 Å². The standard InChI is InChI=1S/C40H28I2O2/c1-39-28(19-41)29(20-42)40(2)34(23-14-7-9-16-25(23)38(40)44)35(39)27-18-10-17-26-30(21-11-4-3-5-12-21)32-22-13-6-8-15-24(22)37(43)33(32)36(39)31(26)27/h3-18,28-29H,19-20H2,1-2H3/t28-,29+,39-,40+/m0/s1. The third-order valence-corrected chi connectivity index (χ3v) is 13.3. The van der Waals surface area contributed by atoms with Gasteiger partial charge < -0.3 is 0 Å². The maximum absolute atomic E-state index is 14.7. The highest BCUT2D eigenvalue weighted by molar-refractivity contribution is 14.1. The second kappa shape index (κ2) is 9.23. The largest absolute Gasteiger partial charge is 0.293 e. The van der Waals surface area contributed by atoms with Gasteiger partial charge in [0.15, 0.2) is 11.6 Å². The molecular formula is C40H28I2O2. The average Bonchev–Trinajstić information content (AvgIpc) is 3.58. The molecule has 0 fully saturated rings. The molecule has 4 heteroatoms. The number of hydrogen-bond donors (Lipinski definition) is 0. The number of allylic oxidation sites excluding steroid dienone is 2. The van der Waals surface area contributed by atoms with E-state index < -0.39 is 10.8 Å². The fourth-order valence-corrected chi connectivity index (χ4v) is 12.5. The average molecular weight is 794 g/mol. The Kier molecular flexibility index (Phi) is 5.71. The highest BCUT2D eigenvalue weighted by Gasteiger charge is 2.64. The summed E-state index contributed by atoms with van der Waals surface area (Å²) in [7, 11) is 0. The number of Topliss-reactive ketones (excluding diaryl/α,β-unsaturated/α-hetero) is 1. The molecule has 5 aromatic carbocycles. The van der Waals surface area contributed by atoms with Gasteiger partial charge in [0.25, 0.3) is 0 Å². The molecule has 0 unspecified atom stereocenters. The number of rotatable bonds is 3. The third kappa shape index (κ3) is 2.98. The molecular weight excluding hydrogens is 766 g/mol. The Bertz CT molecular complexity index is 2180. The second-order valence-electron chi connectivity index (χ2n) is 13.0. The van der Waals surface area contributed by atoms with Gasteiger partial charge in [-0.2, -0.15) is 0 Å². The first-order chi connectivity index (χ1) is 21.4. The molecule has 2 nitrogen and oxygen atoms in total. The minimum absolute atomic E-state index is 0.122. The fraction of sp³-hybridized carbons (Fsp3) is 0.200. The van der Waals surface area contributed by atoms with Crippen LogP contribution in [0, 0.1) is 17.3 Å². The smallest absolute Gasteiger partial charge is 0.194 e. The molecule has 214 valence electrons. The molecule has 4 atom stereocenters. The first-order valence-corrected chi connectivity index (χ1v) is 18.3. The van der Waals surface area contributed by atoms with Crippen molar-refractivity contribution in [2.45, 2.75) is 19.3 Å². The van der Waals surface area contributed by atoms with E-state index in [1.165, 1.54) is 33.0 Å². The molecule has 44 heavy (non-hydrogen) atoms. The van der Waals surface area contributed by atoms with Crippen LogP contribution < -0.4 is 0 Å². The lowest BCUT2D eigenvalue weighted by molar-refractivity contribution is 0.0757. The zero-order valence-corrected chi connectivity index (χ0v) is 28.7. The zero-order valence-electron chi connectivity index (χ0n) is 24.4. The Morgan fingerprint density at radius 1 is 0.568 bits per heavy atom. The molecule has 0 bridgehead atoms. The molecule has 0 saturated carbocycles. The maximum atomic E-state index is 14.7. The summed E-state index contributed by atoms with van der Waals surface area (Å²) in [5.41, 5.74) is 11.7. The first-order valence-electron chi connectivity index (χ1n) is 15.2. The van der Waals surface area contributed by atoms with Crippen molar-refractivity contribution in [2.24, 2.45) is 17.3 Å². The zero-order chi connectivity index (χ0) is 30.1. The van der Waals surface area contributed by atoms with Crippen LogP contribution >= 0.6 is 45.2 Å². The summed E-state index contributed by atoms with van der Waals surface area (Å²) in [6.07, 6.45) is 0. The molecule has 5 aromatic rings. The SMILES string of the molecule is C[C@]12C(=O)c3ccccc3C1=C1c3cccc4c(-c5ccccc5)c5c(c(c34)[C@@]1(C)[C@@H](CI)[C@H]2CI)C(=O)c1ccccc1-5. The molecule has 0 N–H and O–H groups in total. The van der Waals surface area contributed by atoms with Crippen LogP contribution in [0.1, 0.15) is 56.8 Å². The molecule has 0 radical (unpaired) electrons. The quantitative estimate of drug-likeness (QED) is 0.132. The van der Waals surface area contributed by atoms with Gasteiger partial charge in [-0.1, -0.05) is 149 Å². The van der Waals surface area contributed by atoms with Gasteiger partial charge in [0.2, 0.25) is 0 Å². The van der Waals surface area contributed by atoms with Gasteiger partial charge in [-0.3, -0.25) is 9.59 Å². The molecule has 0 aromatic heterocycles. The second-order valence-corrected chi connectivity index (χ2v) is 14.8. The van der Waals surface area contributed by atoms with E-state index >= 15 is 0 Å². The summed E-state index contributed by atoms with van der Waals surface area (Å²) in [5.74, 6) is 0.662. The fourth-order valence-electron chi connectivity index (χ4n) is 9.52. The van der Waals surface area contributed by atoms with Crippen molar-refractivity contribution in [3.05, 3.63) is 130 Å². The van der Waals surface area contributed by atoms with Crippen LogP contribution in [0.5, 0.6) is 0 Å². The first kappa shape index (κ1) is 27.2. The van der Waals surface area contributed by atoms with Gasteiger partial charge in [0, 0.05) is 36.5 Å².